The van der Waals surface area contributed by atoms with Gasteiger partial charge in [0.1, 0.15) is 0 Å². The third-order valence-corrected chi connectivity index (χ3v) is 3.41. The van der Waals surface area contributed by atoms with E-state index >= 15 is 0 Å². The highest BCUT2D eigenvalue weighted by Crippen LogP contribution is 2.26. The number of hydrogen-bond acceptors (Lipinski definition) is 5. The number of ether oxygens (including phenoxy) is 1. The van der Waals surface area contributed by atoms with Gasteiger partial charge in [-0.3, -0.25) is 0 Å². The van der Waals surface area contributed by atoms with E-state index in [9.17, 15) is 0 Å². The Morgan fingerprint density at radius 2 is 2.36 bits per heavy atom. The van der Waals surface area contributed by atoms with Gasteiger partial charge in [-0.1, -0.05) is 4.49 Å². The van der Waals surface area contributed by atoms with Gasteiger partial charge in [-0.2, -0.15) is 0 Å². The molecule has 1 aromatic rings. The second-order valence-corrected chi connectivity index (χ2v) is 4.32. The summed E-state index contributed by atoms with van der Waals surface area (Å²) in [6.07, 6.45) is 3.00. The molecule has 0 atom stereocenters. The SMILES string of the molecule is COC1(Cc2csnn2)CCNCC1. The van der Waals surface area contributed by atoms with Crippen LogP contribution < -0.4 is 5.32 Å². The fourth-order valence-corrected chi connectivity index (χ4v) is 2.38. The van der Waals surface area contributed by atoms with Gasteiger partial charge in [-0.15, -0.1) is 5.10 Å². The molecule has 5 heteroatoms. The van der Waals surface area contributed by atoms with Gasteiger partial charge in [0, 0.05) is 18.9 Å². The molecule has 14 heavy (non-hydrogen) atoms. The molecule has 0 bridgehead atoms. The number of aromatic nitrogens is 2. The first-order valence-electron chi connectivity index (χ1n) is 4.86. The number of methoxy groups -OCH3 is 1. The zero-order valence-electron chi connectivity index (χ0n) is 8.32. The predicted molar refractivity (Wildman–Crippen MR) is 55.5 cm³/mol. The molecule has 1 aromatic heterocycles. The Morgan fingerprint density at radius 1 is 1.57 bits per heavy atom. The monoisotopic (exact) mass is 213 g/mol. The zero-order chi connectivity index (χ0) is 9.86. The second-order valence-electron chi connectivity index (χ2n) is 3.71. The number of nitrogens with one attached hydrogen (secondary N) is 1. The third kappa shape index (κ3) is 2.10. The Hall–Kier alpha value is -0.520. The lowest BCUT2D eigenvalue weighted by molar-refractivity contribution is -0.0340. The van der Waals surface area contributed by atoms with Crippen LogP contribution in [0.3, 0.4) is 0 Å². The van der Waals surface area contributed by atoms with E-state index in [1.165, 1.54) is 11.5 Å². The fraction of sp³-hybridized carbons (Fsp3) is 0.778. The maximum Gasteiger partial charge on any atom is 0.0784 e. The van der Waals surface area contributed by atoms with Crippen LogP contribution in [0.5, 0.6) is 0 Å². The Kier molecular flexibility index (Phi) is 3.10. The summed E-state index contributed by atoms with van der Waals surface area (Å²) in [6, 6.07) is 0. The molecule has 0 aliphatic carbocycles. The smallest absolute Gasteiger partial charge is 0.0784 e. The minimum atomic E-state index is -0.0129. The molecular weight excluding hydrogens is 198 g/mol. The van der Waals surface area contributed by atoms with Crippen molar-refractivity contribution in [2.24, 2.45) is 0 Å². The molecule has 1 aliphatic heterocycles. The van der Waals surface area contributed by atoms with E-state index in [1.54, 1.807) is 7.11 Å². The van der Waals surface area contributed by atoms with E-state index in [4.69, 9.17) is 4.74 Å². The number of hydrogen-bond donors (Lipinski definition) is 1. The number of piperidine rings is 1. The molecule has 1 aliphatic rings. The van der Waals surface area contributed by atoms with E-state index in [1.807, 2.05) is 5.38 Å². The van der Waals surface area contributed by atoms with Gasteiger partial charge < -0.3 is 10.1 Å². The summed E-state index contributed by atoms with van der Waals surface area (Å²) in [7, 11) is 1.80. The van der Waals surface area contributed by atoms with Crippen LogP contribution in [0.2, 0.25) is 0 Å². The zero-order valence-corrected chi connectivity index (χ0v) is 9.14. The summed E-state index contributed by atoms with van der Waals surface area (Å²) >= 11 is 1.41. The molecule has 1 fully saturated rings. The lowest BCUT2D eigenvalue weighted by Gasteiger charge is -2.35. The van der Waals surface area contributed by atoms with Crippen LogP contribution in [-0.2, 0) is 11.2 Å². The van der Waals surface area contributed by atoms with E-state index in [-0.39, 0.29) is 5.60 Å². The Morgan fingerprint density at radius 3 is 2.93 bits per heavy atom. The third-order valence-electron chi connectivity index (χ3n) is 2.86. The lowest BCUT2D eigenvalue weighted by Crippen LogP contribution is -2.45. The molecule has 2 heterocycles. The quantitative estimate of drug-likeness (QED) is 0.808. The Balaban J connectivity index is 2.04. The largest absolute Gasteiger partial charge is 0.378 e. The summed E-state index contributed by atoms with van der Waals surface area (Å²) < 4.78 is 9.52. The normalized spacial score (nSPS) is 20.9. The van der Waals surface area contributed by atoms with Crippen LogP contribution in [0.15, 0.2) is 5.38 Å². The van der Waals surface area contributed by atoms with Crippen LogP contribution in [0.25, 0.3) is 0 Å². The van der Waals surface area contributed by atoms with Crippen molar-refractivity contribution in [3.63, 3.8) is 0 Å². The molecule has 0 saturated carbocycles. The highest BCUT2D eigenvalue weighted by Gasteiger charge is 2.32. The molecule has 0 aromatic carbocycles. The van der Waals surface area contributed by atoms with Gasteiger partial charge in [0.2, 0.25) is 0 Å². The minimum Gasteiger partial charge on any atom is -0.378 e. The van der Waals surface area contributed by atoms with Crippen molar-refractivity contribution < 1.29 is 4.74 Å². The first-order chi connectivity index (χ1) is 6.85. The Labute approximate surface area is 87.8 Å². The number of rotatable bonds is 3. The topological polar surface area (TPSA) is 47.0 Å². The lowest BCUT2D eigenvalue weighted by atomic mass is 9.88. The molecule has 0 spiro atoms. The van der Waals surface area contributed by atoms with Gasteiger partial charge in [0.25, 0.3) is 0 Å². The van der Waals surface area contributed by atoms with E-state index < -0.39 is 0 Å². The maximum absolute atomic E-state index is 5.65. The molecule has 4 nitrogen and oxygen atoms in total. The first-order valence-corrected chi connectivity index (χ1v) is 5.70. The second kappa shape index (κ2) is 4.33. The van der Waals surface area contributed by atoms with Gasteiger partial charge in [0.15, 0.2) is 0 Å². The summed E-state index contributed by atoms with van der Waals surface area (Å²) in [5.74, 6) is 0. The van der Waals surface area contributed by atoms with E-state index in [0.29, 0.717) is 0 Å². The molecule has 2 rings (SSSR count). The average molecular weight is 213 g/mol. The molecule has 78 valence electrons. The number of nitrogens with zero attached hydrogens (tertiary/aromatic N) is 2. The fourth-order valence-electron chi connectivity index (χ4n) is 1.93. The summed E-state index contributed by atoms with van der Waals surface area (Å²) in [5.41, 5.74) is 1.04. The van der Waals surface area contributed by atoms with Crippen molar-refractivity contribution in [3.8, 4) is 0 Å². The van der Waals surface area contributed by atoms with Crippen molar-refractivity contribution in [3.05, 3.63) is 11.1 Å². The highest BCUT2D eigenvalue weighted by molar-refractivity contribution is 7.03. The van der Waals surface area contributed by atoms with Gasteiger partial charge in [0.05, 0.1) is 11.3 Å². The maximum atomic E-state index is 5.65. The molecule has 1 saturated heterocycles. The van der Waals surface area contributed by atoms with Crippen LogP contribution in [-0.4, -0.2) is 35.4 Å². The van der Waals surface area contributed by atoms with Gasteiger partial charge in [-0.05, 0) is 37.5 Å². The van der Waals surface area contributed by atoms with Crippen molar-refractivity contribution >= 4 is 11.5 Å². The van der Waals surface area contributed by atoms with E-state index in [2.05, 4.69) is 14.9 Å². The molecule has 0 unspecified atom stereocenters. The summed E-state index contributed by atoms with van der Waals surface area (Å²) in [6.45, 7) is 2.07. The van der Waals surface area contributed by atoms with Crippen LogP contribution >= 0.6 is 11.5 Å². The van der Waals surface area contributed by atoms with Crippen LogP contribution in [0.1, 0.15) is 18.5 Å². The molecule has 0 amide bonds. The molecule has 0 radical (unpaired) electrons. The van der Waals surface area contributed by atoms with Crippen molar-refractivity contribution in [1.82, 2.24) is 14.9 Å². The molecular formula is C9H15N3OS. The summed E-state index contributed by atoms with van der Waals surface area (Å²) in [4.78, 5) is 0. The first kappa shape index (κ1) is 10.0. The standard InChI is InChI=1S/C9H15N3OS/c1-13-9(2-4-10-5-3-9)6-8-7-14-12-11-8/h7,10H,2-6H2,1H3. The predicted octanol–water partition coefficient (Wildman–Crippen LogP) is 0.849. The Bertz CT molecular complexity index is 270. The summed E-state index contributed by atoms with van der Waals surface area (Å²) in [5, 5.41) is 9.41. The van der Waals surface area contributed by atoms with Crippen molar-refractivity contribution in [1.29, 1.82) is 0 Å². The average Bonchev–Trinajstić information content (AvgIpc) is 2.72. The highest BCUT2D eigenvalue weighted by atomic mass is 32.1. The van der Waals surface area contributed by atoms with Crippen molar-refractivity contribution in [2.75, 3.05) is 20.2 Å². The van der Waals surface area contributed by atoms with Crippen molar-refractivity contribution in [2.45, 2.75) is 24.9 Å². The molecule has 1 N–H and O–H groups in total. The van der Waals surface area contributed by atoms with Crippen LogP contribution in [0.4, 0.5) is 0 Å². The van der Waals surface area contributed by atoms with E-state index in [0.717, 1.165) is 38.0 Å². The van der Waals surface area contributed by atoms with Gasteiger partial charge >= 0.3 is 0 Å². The van der Waals surface area contributed by atoms with Crippen LogP contribution in [0, 0.1) is 0 Å². The minimum absolute atomic E-state index is 0.0129. The van der Waals surface area contributed by atoms with Gasteiger partial charge in [-0.25, -0.2) is 0 Å².